The van der Waals surface area contributed by atoms with E-state index in [1.165, 1.54) is 57.8 Å². The van der Waals surface area contributed by atoms with Crippen LogP contribution < -0.4 is 0 Å². The molecule has 0 heterocycles. The number of rotatable bonds is 13. The molecule has 0 spiro atoms. The Morgan fingerprint density at radius 3 is 1.80 bits per heavy atom. The van der Waals surface area contributed by atoms with Crippen LogP contribution in [0.4, 0.5) is 0 Å². The summed E-state index contributed by atoms with van der Waals surface area (Å²) in [5, 5.41) is 0.435. The Morgan fingerprint density at radius 2 is 1.28 bits per heavy atom. The van der Waals surface area contributed by atoms with E-state index in [-0.39, 0.29) is 12.1 Å². The van der Waals surface area contributed by atoms with Crippen LogP contribution in [-0.4, -0.2) is 17.3 Å². The van der Waals surface area contributed by atoms with E-state index in [9.17, 15) is 4.79 Å². The molecule has 2 nitrogen and oxygen atoms in total. The Kier molecular flexibility index (Phi) is 14.7. The Morgan fingerprint density at radius 1 is 0.800 bits per heavy atom. The smallest absolute Gasteiger partial charge is 0.306 e. The van der Waals surface area contributed by atoms with Gasteiger partial charge in [0.1, 0.15) is 6.10 Å². The molecule has 0 atom stereocenters. The van der Waals surface area contributed by atoms with Gasteiger partial charge < -0.3 is 4.74 Å². The fourth-order valence-corrected chi connectivity index (χ4v) is 3.99. The van der Waals surface area contributed by atoms with E-state index in [4.69, 9.17) is 17.4 Å². The number of carbonyl (C=O) groups is 1. The molecule has 0 aromatic rings. The number of hydrogen-bond donors (Lipinski definition) is 0. The summed E-state index contributed by atoms with van der Waals surface area (Å²) in [5.74, 6) is 0.0194. The van der Waals surface area contributed by atoms with Gasteiger partial charge in [0.05, 0.1) is 0 Å². The van der Waals surface area contributed by atoms with E-state index in [1.807, 2.05) is 0 Å². The van der Waals surface area contributed by atoms with Crippen LogP contribution in [0.2, 0.25) is 0 Å². The first-order chi connectivity index (χ1) is 12.2. The van der Waals surface area contributed by atoms with Gasteiger partial charge in [0.2, 0.25) is 0 Å². The monoisotopic (exact) mass is 368 g/mol. The third-order valence-electron chi connectivity index (χ3n) is 5.28. The van der Waals surface area contributed by atoms with Gasteiger partial charge in [-0.2, -0.15) is 0 Å². The summed E-state index contributed by atoms with van der Waals surface area (Å²) in [7, 11) is 0. The molecule has 2 radical (unpaired) electrons. The maximum atomic E-state index is 12.0. The van der Waals surface area contributed by atoms with Crippen molar-refractivity contribution in [3.05, 3.63) is 6.92 Å². The molecule has 0 saturated heterocycles. The fraction of sp³-hybridized carbons (Fsp3) is 0.909. The Labute approximate surface area is 162 Å². The lowest BCUT2D eigenvalue weighted by Gasteiger charge is -2.22. The Balaban J connectivity index is 1.90. The summed E-state index contributed by atoms with van der Waals surface area (Å²) >= 11 is 5.38. The van der Waals surface area contributed by atoms with E-state index in [0.717, 1.165) is 51.4 Å². The topological polar surface area (TPSA) is 26.3 Å². The summed E-state index contributed by atoms with van der Waals surface area (Å²) in [6, 6.07) is 0. The largest absolute Gasteiger partial charge is 0.462 e. The number of esters is 1. The molecule has 1 saturated carbocycles. The van der Waals surface area contributed by atoms with Gasteiger partial charge in [0, 0.05) is 11.7 Å². The first-order valence-corrected chi connectivity index (χ1v) is 11.3. The van der Waals surface area contributed by atoms with Crippen LogP contribution in [-0.2, 0) is 9.53 Å². The predicted octanol–water partition coefficient (Wildman–Crippen LogP) is 7.33. The molecule has 146 valence electrons. The van der Waals surface area contributed by atoms with Gasteiger partial charge in [0.25, 0.3) is 0 Å². The lowest BCUT2D eigenvalue weighted by Crippen LogP contribution is -2.20. The minimum atomic E-state index is 0.0194. The van der Waals surface area contributed by atoms with Gasteiger partial charge in [0.15, 0.2) is 0 Å². The highest BCUT2D eigenvalue weighted by molar-refractivity contribution is 7.80. The molecule has 1 fully saturated rings. The van der Waals surface area contributed by atoms with Crippen LogP contribution in [0.25, 0.3) is 0 Å². The summed E-state index contributed by atoms with van der Waals surface area (Å²) in [4.78, 5) is 12.0. The van der Waals surface area contributed by atoms with Crippen molar-refractivity contribution in [1.29, 1.82) is 0 Å². The second-order valence-corrected chi connectivity index (χ2v) is 8.40. The third-order valence-corrected chi connectivity index (χ3v) is 5.75. The van der Waals surface area contributed by atoms with Crippen LogP contribution in [0.15, 0.2) is 0 Å². The highest BCUT2D eigenvalue weighted by atomic mass is 32.1. The molecule has 0 amide bonds. The molecule has 25 heavy (non-hydrogen) atoms. The fourth-order valence-electron chi connectivity index (χ4n) is 3.66. The number of ether oxygens (including phenoxy) is 1. The minimum Gasteiger partial charge on any atom is -0.462 e. The molecule has 0 aromatic carbocycles. The van der Waals surface area contributed by atoms with Crippen molar-refractivity contribution in [2.45, 2.75) is 127 Å². The molecule has 0 N–H and O–H groups in total. The normalized spacial score (nSPS) is 21.5. The van der Waals surface area contributed by atoms with Crippen LogP contribution in [0, 0.1) is 6.92 Å². The van der Waals surface area contributed by atoms with Crippen LogP contribution in [0.5, 0.6) is 0 Å². The van der Waals surface area contributed by atoms with E-state index in [1.54, 1.807) is 0 Å². The lowest BCUT2D eigenvalue weighted by molar-refractivity contribution is -0.150. The summed E-state index contributed by atoms with van der Waals surface area (Å²) in [6.07, 6.45) is 21.1. The van der Waals surface area contributed by atoms with E-state index >= 15 is 0 Å². The molecule has 0 aromatic heterocycles. The van der Waals surface area contributed by atoms with Crippen molar-refractivity contribution < 1.29 is 9.53 Å². The van der Waals surface area contributed by atoms with Gasteiger partial charge in [-0.1, -0.05) is 83.8 Å². The van der Waals surface area contributed by atoms with Gasteiger partial charge in [-0.25, -0.2) is 0 Å². The maximum absolute atomic E-state index is 12.0. The van der Waals surface area contributed by atoms with Crippen molar-refractivity contribution >= 4 is 18.6 Å². The van der Waals surface area contributed by atoms with Crippen LogP contribution >= 0.6 is 12.6 Å². The minimum absolute atomic E-state index is 0.0194. The first-order valence-electron chi connectivity index (χ1n) is 10.9. The summed E-state index contributed by atoms with van der Waals surface area (Å²) in [5.41, 5.74) is 0. The summed E-state index contributed by atoms with van der Waals surface area (Å²) < 4.78 is 5.68. The molecule has 0 bridgehead atoms. The van der Waals surface area contributed by atoms with Crippen molar-refractivity contribution in [2.75, 3.05) is 0 Å². The zero-order valence-corrected chi connectivity index (χ0v) is 17.1. The van der Waals surface area contributed by atoms with Gasteiger partial charge in [-0.15, -0.1) is 0 Å². The molecular formula is C22H40O2S. The van der Waals surface area contributed by atoms with Gasteiger partial charge >= 0.3 is 5.97 Å². The third kappa shape index (κ3) is 13.7. The average Bonchev–Trinajstić information content (AvgIpc) is 2.57. The average molecular weight is 369 g/mol. The summed E-state index contributed by atoms with van der Waals surface area (Å²) in [6.45, 7) is 3.88. The lowest BCUT2D eigenvalue weighted by atomic mass is 9.98. The van der Waals surface area contributed by atoms with Gasteiger partial charge in [-0.3, -0.25) is 4.79 Å². The second kappa shape index (κ2) is 16.0. The van der Waals surface area contributed by atoms with Crippen molar-refractivity contribution in [2.24, 2.45) is 0 Å². The molecule has 0 aliphatic heterocycles. The number of unbranched alkanes of at least 4 members (excludes halogenated alkanes) is 10. The Hall–Kier alpha value is -0.180. The van der Waals surface area contributed by atoms with E-state index in [0.29, 0.717) is 11.7 Å². The van der Waals surface area contributed by atoms with Crippen molar-refractivity contribution in [3.63, 3.8) is 0 Å². The number of carbonyl (C=O) groups excluding carboxylic acids is 1. The standard InChI is InChI=1S/C22H40O2S/c1-2-3-4-5-6-7-8-9-10-11-12-19-22(23)24-20-15-13-17-21(25)18-14-16-20/h20-21H,1-19H2. The van der Waals surface area contributed by atoms with Crippen LogP contribution in [0.1, 0.15) is 116 Å². The van der Waals surface area contributed by atoms with Crippen molar-refractivity contribution in [1.82, 2.24) is 0 Å². The molecule has 0 unspecified atom stereocenters. The highest BCUT2D eigenvalue weighted by Crippen LogP contribution is 2.23. The molecule has 3 heteroatoms. The SMILES string of the molecule is [CH2]CCCCCCCCCCCCC(=O)OC1CCCC([S])CCC1. The molecule has 1 aliphatic carbocycles. The Bertz CT molecular complexity index is 309. The number of hydrogen-bond acceptors (Lipinski definition) is 2. The molecule has 1 aliphatic rings. The maximum Gasteiger partial charge on any atom is 0.306 e. The van der Waals surface area contributed by atoms with Gasteiger partial charge in [-0.05, 0) is 44.9 Å². The first kappa shape index (κ1) is 22.9. The second-order valence-electron chi connectivity index (χ2n) is 7.73. The predicted molar refractivity (Wildman–Crippen MR) is 110 cm³/mol. The quantitative estimate of drug-likeness (QED) is 0.251. The molecular weight excluding hydrogens is 328 g/mol. The van der Waals surface area contributed by atoms with E-state index in [2.05, 4.69) is 6.92 Å². The van der Waals surface area contributed by atoms with Crippen LogP contribution in [0.3, 0.4) is 0 Å². The highest BCUT2D eigenvalue weighted by Gasteiger charge is 2.18. The zero-order valence-electron chi connectivity index (χ0n) is 16.3. The zero-order chi connectivity index (χ0) is 18.2. The van der Waals surface area contributed by atoms with E-state index < -0.39 is 0 Å². The molecule has 1 rings (SSSR count). The van der Waals surface area contributed by atoms with Crippen molar-refractivity contribution in [3.8, 4) is 0 Å².